The van der Waals surface area contributed by atoms with Crippen LogP contribution < -0.4 is 0 Å². The fourth-order valence-electron chi connectivity index (χ4n) is 3.58. The van der Waals surface area contributed by atoms with Crippen LogP contribution in [0.1, 0.15) is 43.8 Å². The van der Waals surface area contributed by atoms with Gasteiger partial charge in [-0.1, -0.05) is 32.9 Å². The Bertz CT molecular complexity index is 1570. The Kier molecular flexibility index (Phi) is 2.97. The lowest BCUT2D eigenvalue weighted by Crippen LogP contribution is -2.08. The lowest BCUT2D eigenvalue weighted by atomic mass is 9.90. The zero-order valence-corrected chi connectivity index (χ0v) is 17.6. The first kappa shape index (κ1) is 13.5. The molecule has 4 aromatic heterocycles. The number of benzene rings is 1. The van der Waals surface area contributed by atoms with E-state index in [-0.39, 0.29) is 11.4 Å². The first-order valence-electron chi connectivity index (χ1n) is 12.0. The molecule has 5 rings (SSSR count). The molecule has 3 nitrogen and oxygen atoms in total. The van der Waals surface area contributed by atoms with Crippen LogP contribution in [0.2, 0.25) is 0 Å². The van der Waals surface area contributed by atoms with Crippen LogP contribution in [0.3, 0.4) is 0 Å². The van der Waals surface area contributed by atoms with E-state index >= 15 is 0 Å². The van der Waals surface area contributed by atoms with E-state index in [1.165, 1.54) is 17.4 Å². The van der Waals surface area contributed by atoms with Gasteiger partial charge in [0.25, 0.3) is 0 Å². The Morgan fingerprint density at radius 2 is 1.93 bits per heavy atom. The van der Waals surface area contributed by atoms with Crippen LogP contribution in [-0.4, -0.2) is 9.97 Å². The highest BCUT2D eigenvalue weighted by molar-refractivity contribution is 7.19. The Morgan fingerprint density at radius 1 is 1.07 bits per heavy atom. The third-order valence-electron chi connectivity index (χ3n) is 4.89. The van der Waals surface area contributed by atoms with Crippen molar-refractivity contribution in [1.29, 1.82) is 0 Å². The molecule has 0 fully saturated rings. The van der Waals surface area contributed by atoms with Gasteiger partial charge in [0, 0.05) is 33.8 Å². The fraction of sp³-hybridized carbons (Fsp3) is 0.280. The van der Waals surface area contributed by atoms with E-state index in [9.17, 15) is 0 Å². The molecule has 146 valence electrons. The number of pyridine rings is 2. The molecule has 0 radical (unpaired) electrons. The van der Waals surface area contributed by atoms with Crippen LogP contribution in [0.5, 0.6) is 0 Å². The van der Waals surface area contributed by atoms with Crippen molar-refractivity contribution in [3.05, 3.63) is 58.6 Å². The van der Waals surface area contributed by atoms with Gasteiger partial charge in [0.1, 0.15) is 5.58 Å². The van der Waals surface area contributed by atoms with Gasteiger partial charge in [0.2, 0.25) is 5.71 Å². The zero-order chi connectivity index (χ0) is 24.6. The number of nitrogens with zero attached hydrogens (tertiary/aromatic N) is 2. The van der Waals surface area contributed by atoms with Crippen LogP contribution in [0.15, 0.2) is 46.9 Å². The Balaban J connectivity index is 1.70. The summed E-state index contributed by atoms with van der Waals surface area (Å²) in [5.74, 6) is 0. The van der Waals surface area contributed by atoms with Crippen LogP contribution in [0, 0.1) is 19.2 Å². The molecule has 0 aliphatic heterocycles. The van der Waals surface area contributed by atoms with Gasteiger partial charge < -0.3 is 4.42 Å². The van der Waals surface area contributed by atoms with Crippen molar-refractivity contribution in [2.24, 2.45) is 5.41 Å². The van der Waals surface area contributed by atoms with Gasteiger partial charge in [-0.15, -0.1) is 11.3 Å². The molecular weight excluding hydrogens is 376 g/mol. The zero-order valence-electron chi connectivity index (χ0n) is 21.8. The smallest absolute Gasteiger partial charge is 0.227 e. The van der Waals surface area contributed by atoms with Gasteiger partial charge in [0.05, 0.1) is 15.9 Å². The lowest BCUT2D eigenvalue weighted by Gasteiger charge is -2.17. The molecule has 0 atom stereocenters. The molecule has 0 unspecified atom stereocenters. The third-order valence-corrected chi connectivity index (χ3v) is 6.06. The molecule has 0 N–H and O–H groups in total. The Hall–Kier alpha value is -2.72. The molecule has 0 bridgehead atoms. The van der Waals surface area contributed by atoms with E-state index in [1.54, 1.807) is 6.07 Å². The second kappa shape index (κ2) is 6.39. The molecule has 0 saturated carbocycles. The fourth-order valence-corrected chi connectivity index (χ4v) is 4.84. The maximum Gasteiger partial charge on any atom is 0.227 e. The van der Waals surface area contributed by atoms with Crippen LogP contribution in [0.25, 0.3) is 43.5 Å². The summed E-state index contributed by atoms with van der Waals surface area (Å²) in [5.41, 5.74) is 3.43. The summed E-state index contributed by atoms with van der Waals surface area (Å²) >= 11 is 1.45. The predicted octanol–water partition coefficient (Wildman–Crippen LogP) is 7.46. The van der Waals surface area contributed by atoms with E-state index in [2.05, 4.69) is 4.98 Å². The molecule has 0 amide bonds. The summed E-state index contributed by atoms with van der Waals surface area (Å²) in [6, 6.07) is 12.9. The summed E-state index contributed by atoms with van der Waals surface area (Å²) in [7, 11) is 0. The number of para-hydroxylation sites is 1. The average Bonchev–Trinajstić information content (AvgIpc) is 3.29. The SMILES string of the molecule is [2H]C([2H])([2H])c1ccc2c(n1)oc1c(-c3ccc4sc(C([2H])([2H])C(C)(C)C)c(C)c4n3)cccc12. The molecule has 4 heterocycles. The minimum atomic E-state index is -2.31. The standard InChI is InChI=1S/C25H24N2OS/c1-14-9-10-17-16-7-6-8-18(23(16)28-24(17)26-14)19-11-12-20-22(27-19)15(2)21(29-20)13-25(3,4)5/h6-12H,13H2,1-5H3/i1D3,13D2. The highest BCUT2D eigenvalue weighted by Gasteiger charge is 2.19. The number of hydrogen-bond acceptors (Lipinski definition) is 4. The van der Waals surface area contributed by atoms with Gasteiger partial charge in [-0.2, -0.15) is 0 Å². The molecule has 0 aliphatic carbocycles. The van der Waals surface area contributed by atoms with Crippen LogP contribution >= 0.6 is 11.3 Å². The van der Waals surface area contributed by atoms with Crippen molar-refractivity contribution in [2.45, 2.75) is 40.9 Å². The van der Waals surface area contributed by atoms with Gasteiger partial charge in [-0.25, -0.2) is 9.97 Å². The number of fused-ring (bicyclic) bond motifs is 4. The van der Waals surface area contributed by atoms with Crippen molar-refractivity contribution in [3.8, 4) is 11.3 Å². The minimum Gasteiger partial charge on any atom is -0.437 e. The van der Waals surface area contributed by atoms with E-state index < -0.39 is 18.6 Å². The number of aromatic nitrogens is 2. The van der Waals surface area contributed by atoms with Crippen LogP contribution in [-0.2, 0) is 6.37 Å². The first-order valence-corrected chi connectivity index (χ1v) is 10.3. The number of thiophene rings is 1. The largest absolute Gasteiger partial charge is 0.437 e. The third kappa shape index (κ3) is 3.12. The van der Waals surface area contributed by atoms with Gasteiger partial charge >= 0.3 is 0 Å². The Labute approximate surface area is 181 Å². The van der Waals surface area contributed by atoms with Crippen LogP contribution in [0.4, 0.5) is 0 Å². The number of rotatable bonds is 2. The van der Waals surface area contributed by atoms with E-state index in [1.807, 2.05) is 58.0 Å². The first-order chi connectivity index (χ1) is 15.8. The number of hydrogen-bond donors (Lipinski definition) is 0. The molecule has 0 aliphatic rings. The second-order valence-corrected chi connectivity index (χ2v) is 9.36. The molecular formula is C25H24N2OS. The average molecular weight is 406 g/mol. The summed E-state index contributed by atoms with van der Waals surface area (Å²) in [4.78, 5) is 9.86. The lowest BCUT2D eigenvalue weighted by molar-refractivity contribution is 0.414. The van der Waals surface area contributed by atoms with E-state index in [0.29, 0.717) is 16.2 Å². The predicted molar refractivity (Wildman–Crippen MR) is 123 cm³/mol. The highest BCUT2D eigenvalue weighted by atomic mass is 32.1. The highest BCUT2D eigenvalue weighted by Crippen LogP contribution is 2.38. The number of furan rings is 1. The molecule has 1 aromatic carbocycles. The summed E-state index contributed by atoms with van der Waals surface area (Å²) in [5, 5.41) is 1.59. The van der Waals surface area contributed by atoms with Crippen molar-refractivity contribution in [3.63, 3.8) is 0 Å². The summed E-state index contributed by atoms with van der Waals surface area (Å²) in [6.45, 7) is 5.34. The topological polar surface area (TPSA) is 38.9 Å². The van der Waals surface area contributed by atoms with Crippen molar-refractivity contribution in [2.75, 3.05) is 0 Å². The number of aryl methyl sites for hydroxylation is 2. The summed E-state index contributed by atoms with van der Waals surface area (Å²) < 4.78 is 47.4. The van der Waals surface area contributed by atoms with Gasteiger partial charge in [-0.3, -0.25) is 0 Å². The molecule has 4 heteroatoms. The van der Waals surface area contributed by atoms with Crippen molar-refractivity contribution < 1.29 is 11.3 Å². The second-order valence-electron chi connectivity index (χ2n) is 8.31. The summed E-state index contributed by atoms with van der Waals surface area (Å²) in [6.07, 6.45) is -1.49. The van der Waals surface area contributed by atoms with Crippen molar-refractivity contribution >= 4 is 43.6 Å². The maximum absolute atomic E-state index is 8.73. The minimum absolute atomic E-state index is 0.00491. The normalized spacial score (nSPS) is 15.9. The molecule has 0 spiro atoms. The van der Waals surface area contributed by atoms with E-state index in [4.69, 9.17) is 16.3 Å². The quantitative estimate of drug-likeness (QED) is 0.306. The van der Waals surface area contributed by atoms with Gasteiger partial charge in [0.15, 0.2) is 0 Å². The van der Waals surface area contributed by atoms with Gasteiger partial charge in [-0.05, 0) is 61.5 Å². The van der Waals surface area contributed by atoms with Crippen molar-refractivity contribution in [1.82, 2.24) is 9.97 Å². The maximum atomic E-state index is 8.73. The van der Waals surface area contributed by atoms with E-state index in [0.717, 1.165) is 32.1 Å². The molecule has 0 saturated heterocycles. The monoisotopic (exact) mass is 405 g/mol. The molecule has 5 aromatic rings. The molecule has 29 heavy (non-hydrogen) atoms. The Morgan fingerprint density at radius 3 is 2.72 bits per heavy atom.